The number of hydrogen-bond donors (Lipinski definition) is 1. The van der Waals surface area contributed by atoms with Gasteiger partial charge in [0.15, 0.2) is 6.29 Å². The number of rotatable bonds is 0. The topological polar surface area (TPSA) is 29.5 Å². The molecular formula is C10H18O2. The van der Waals surface area contributed by atoms with Crippen molar-refractivity contribution in [2.75, 3.05) is 6.61 Å². The fraction of sp³-hybridized carbons (Fsp3) is 1.00. The molecule has 2 aliphatic rings. The van der Waals surface area contributed by atoms with Gasteiger partial charge in [0.1, 0.15) is 0 Å². The fourth-order valence-electron chi connectivity index (χ4n) is 2.90. The Labute approximate surface area is 73.9 Å². The van der Waals surface area contributed by atoms with Gasteiger partial charge in [-0.25, -0.2) is 0 Å². The van der Waals surface area contributed by atoms with E-state index in [0.717, 1.165) is 6.61 Å². The highest BCUT2D eigenvalue weighted by Gasteiger charge is 2.44. The quantitative estimate of drug-likeness (QED) is 0.598. The van der Waals surface area contributed by atoms with Crippen molar-refractivity contribution in [3.05, 3.63) is 0 Å². The third kappa shape index (κ3) is 1.17. The number of fused-ring (bicyclic) bond motifs is 1. The lowest BCUT2D eigenvalue weighted by atomic mass is 9.80. The molecule has 1 saturated heterocycles. The van der Waals surface area contributed by atoms with Crippen molar-refractivity contribution < 1.29 is 9.84 Å². The number of aliphatic hydroxyl groups is 1. The molecule has 0 bridgehead atoms. The predicted octanol–water partition coefficient (Wildman–Crippen LogP) is 1.63. The minimum atomic E-state index is -0.483. The molecule has 1 aliphatic carbocycles. The Morgan fingerprint density at radius 3 is 2.58 bits per heavy atom. The summed E-state index contributed by atoms with van der Waals surface area (Å²) >= 11 is 0. The molecule has 0 spiro atoms. The average molecular weight is 170 g/mol. The lowest BCUT2D eigenvalue weighted by Crippen LogP contribution is -2.40. The third-order valence-corrected chi connectivity index (χ3v) is 3.70. The number of aliphatic hydroxyl groups excluding tert-OH is 1. The number of ether oxygens (including phenoxy) is 1. The molecule has 0 aromatic carbocycles. The summed E-state index contributed by atoms with van der Waals surface area (Å²) in [6.45, 7) is 5.21. The molecule has 0 aromatic rings. The molecular weight excluding hydrogens is 152 g/mol. The van der Waals surface area contributed by atoms with Gasteiger partial charge in [0.2, 0.25) is 0 Å². The van der Waals surface area contributed by atoms with Crippen LogP contribution in [0, 0.1) is 23.7 Å². The van der Waals surface area contributed by atoms with Gasteiger partial charge in [-0.15, -0.1) is 0 Å². The van der Waals surface area contributed by atoms with Crippen molar-refractivity contribution >= 4 is 0 Å². The van der Waals surface area contributed by atoms with E-state index >= 15 is 0 Å². The van der Waals surface area contributed by atoms with Gasteiger partial charge in [0, 0.05) is 5.92 Å². The molecule has 1 saturated carbocycles. The Morgan fingerprint density at radius 1 is 1.17 bits per heavy atom. The van der Waals surface area contributed by atoms with E-state index in [1.165, 1.54) is 12.8 Å². The molecule has 12 heavy (non-hydrogen) atoms. The van der Waals surface area contributed by atoms with Crippen LogP contribution in [0.5, 0.6) is 0 Å². The normalized spacial score (nSPS) is 53.8. The second-order valence-electron chi connectivity index (χ2n) is 4.50. The summed E-state index contributed by atoms with van der Waals surface area (Å²) in [7, 11) is 0. The third-order valence-electron chi connectivity index (χ3n) is 3.70. The lowest BCUT2D eigenvalue weighted by Gasteiger charge is -2.37. The van der Waals surface area contributed by atoms with E-state index < -0.39 is 6.29 Å². The molecule has 5 atom stereocenters. The van der Waals surface area contributed by atoms with E-state index in [9.17, 15) is 5.11 Å². The van der Waals surface area contributed by atoms with Gasteiger partial charge in [0.05, 0.1) is 6.61 Å². The minimum Gasteiger partial charge on any atom is -0.368 e. The summed E-state index contributed by atoms with van der Waals surface area (Å²) in [6, 6.07) is 0. The maximum absolute atomic E-state index is 9.65. The van der Waals surface area contributed by atoms with Crippen LogP contribution in [-0.4, -0.2) is 18.0 Å². The summed E-state index contributed by atoms with van der Waals surface area (Å²) in [5.74, 6) is 2.41. The monoisotopic (exact) mass is 170 g/mol. The molecule has 2 rings (SSSR count). The first-order valence-corrected chi connectivity index (χ1v) is 5.00. The van der Waals surface area contributed by atoms with Crippen LogP contribution in [0.25, 0.3) is 0 Å². The van der Waals surface area contributed by atoms with Crippen LogP contribution in [0.3, 0.4) is 0 Å². The van der Waals surface area contributed by atoms with E-state index in [0.29, 0.717) is 23.7 Å². The number of hydrogen-bond acceptors (Lipinski definition) is 2. The van der Waals surface area contributed by atoms with Gasteiger partial charge in [-0.05, 0) is 30.6 Å². The Morgan fingerprint density at radius 2 is 1.92 bits per heavy atom. The van der Waals surface area contributed by atoms with Crippen LogP contribution < -0.4 is 0 Å². The smallest absolute Gasteiger partial charge is 0.157 e. The molecule has 0 radical (unpaired) electrons. The zero-order valence-corrected chi connectivity index (χ0v) is 7.86. The summed E-state index contributed by atoms with van der Waals surface area (Å²) < 4.78 is 5.33. The van der Waals surface area contributed by atoms with E-state index in [1.54, 1.807) is 0 Å². The summed E-state index contributed by atoms with van der Waals surface area (Å²) in [4.78, 5) is 0. The van der Waals surface area contributed by atoms with Crippen LogP contribution >= 0.6 is 0 Å². The first-order valence-electron chi connectivity index (χ1n) is 5.00. The molecule has 0 aromatic heterocycles. The first kappa shape index (κ1) is 8.52. The van der Waals surface area contributed by atoms with Crippen LogP contribution in [0.15, 0.2) is 0 Å². The van der Waals surface area contributed by atoms with Crippen molar-refractivity contribution in [1.29, 1.82) is 0 Å². The summed E-state index contributed by atoms with van der Waals surface area (Å²) in [5, 5.41) is 9.65. The van der Waals surface area contributed by atoms with Crippen molar-refractivity contribution in [3.63, 3.8) is 0 Å². The maximum atomic E-state index is 9.65. The van der Waals surface area contributed by atoms with Gasteiger partial charge >= 0.3 is 0 Å². The molecule has 2 nitrogen and oxygen atoms in total. The highest BCUT2D eigenvalue weighted by atomic mass is 16.6. The Balaban J connectivity index is 2.13. The zero-order valence-electron chi connectivity index (χ0n) is 7.86. The molecule has 0 unspecified atom stereocenters. The zero-order chi connectivity index (χ0) is 8.72. The second kappa shape index (κ2) is 3.00. The SMILES string of the molecule is C[C@@H]1CO[C@H](O)[C@@H]2[C@H]1CC[C@@H]2C. The highest BCUT2D eigenvalue weighted by Crippen LogP contribution is 2.45. The molecule has 70 valence electrons. The molecule has 1 N–H and O–H groups in total. The fourth-order valence-corrected chi connectivity index (χ4v) is 2.90. The van der Waals surface area contributed by atoms with Gasteiger partial charge in [-0.2, -0.15) is 0 Å². The highest BCUT2D eigenvalue weighted by molar-refractivity contribution is 4.89. The average Bonchev–Trinajstić information content (AvgIpc) is 2.42. The van der Waals surface area contributed by atoms with Gasteiger partial charge in [-0.3, -0.25) is 0 Å². The van der Waals surface area contributed by atoms with Gasteiger partial charge in [0.25, 0.3) is 0 Å². The second-order valence-corrected chi connectivity index (χ2v) is 4.50. The Bertz CT molecular complexity index is 169. The van der Waals surface area contributed by atoms with Crippen molar-refractivity contribution in [2.45, 2.75) is 33.0 Å². The van der Waals surface area contributed by atoms with Gasteiger partial charge < -0.3 is 9.84 Å². The van der Waals surface area contributed by atoms with E-state index in [4.69, 9.17) is 4.74 Å². The standard InChI is InChI=1S/C10H18O2/c1-6-3-4-8-7(2)5-12-10(11)9(6)8/h6-11H,3-5H2,1-2H3/t6-,7+,8-,9-,10-/m0/s1. The molecule has 2 heteroatoms. The van der Waals surface area contributed by atoms with E-state index in [2.05, 4.69) is 13.8 Å². The van der Waals surface area contributed by atoms with Crippen LogP contribution in [0.4, 0.5) is 0 Å². The van der Waals surface area contributed by atoms with Crippen LogP contribution in [0.2, 0.25) is 0 Å². The summed E-state index contributed by atoms with van der Waals surface area (Å²) in [6.07, 6.45) is 2.07. The largest absolute Gasteiger partial charge is 0.368 e. The first-order chi connectivity index (χ1) is 5.70. The summed E-state index contributed by atoms with van der Waals surface area (Å²) in [5.41, 5.74) is 0. The van der Waals surface area contributed by atoms with Crippen molar-refractivity contribution in [2.24, 2.45) is 23.7 Å². The van der Waals surface area contributed by atoms with Crippen molar-refractivity contribution in [1.82, 2.24) is 0 Å². The Kier molecular flexibility index (Phi) is 2.13. The van der Waals surface area contributed by atoms with E-state index in [-0.39, 0.29) is 0 Å². The van der Waals surface area contributed by atoms with Gasteiger partial charge in [-0.1, -0.05) is 13.8 Å². The van der Waals surface area contributed by atoms with E-state index in [1.807, 2.05) is 0 Å². The minimum absolute atomic E-state index is 0.411. The lowest BCUT2D eigenvalue weighted by molar-refractivity contribution is -0.195. The van der Waals surface area contributed by atoms with Crippen LogP contribution in [-0.2, 0) is 4.74 Å². The maximum Gasteiger partial charge on any atom is 0.157 e. The molecule has 1 heterocycles. The predicted molar refractivity (Wildman–Crippen MR) is 46.5 cm³/mol. The molecule has 0 amide bonds. The Hall–Kier alpha value is -0.0800. The van der Waals surface area contributed by atoms with Crippen LogP contribution in [0.1, 0.15) is 26.7 Å². The molecule has 2 fully saturated rings. The van der Waals surface area contributed by atoms with Crippen molar-refractivity contribution in [3.8, 4) is 0 Å². The molecule has 1 aliphatic heterocycles.